The second-order valence-electron chi connectivity index (χ2n) is 6.40. The quantitative estimate of drug-likeness (QED) is 0.655. The molecular formula is C17H20N4O2S2. The van der Waals surface area contributed by atoms with Gasteiger partial charge in [0.25, 0.3) is 5.56 Å². The maximum absolute atomic E-state index is 12.6. The zero-order chi connectivity index (χ0) is 18.0. The molecule has 2 aromatic heterocycles. The Morgan fingerprint density at radius 3 is 2.88 bits per heavy atom. The molecule has 8 heteroatoms. The summed E-state index contributed by atoms with van der Waals surface area (Å²) in [7, 11) is 1.66. The smallest absolute Gasteiger partial charge is 0.262 e. The minimum absolute atomic E-state index is 0.109. The molecule has 1 N–H and O–H groups in total. The molecule has 6 nitrogen and oxygen atoms in total. The second-order valence-corrected chi connectivity index (χ2v) is 8.60. The molecule has 2 heterocycles. The summed E-state index contributed by atoms with van der Waals surface area (Å²) in [6, 6.07) is 4.06. The molecule has 1 unspecified atom stereocenters. The van der Waals surface area contributed by atoms with Crippen molar-refractivity contribution in [1.29, 1.82) is 5.26 Å². The number of nitrogens with one attached hydrogen (secondary N) is 1. The lowest BCUT2D eigenvalue weighted by Crippen LogP contribution is -2.51. The highest BCUT2D eigenvalue weighted by atomic mass is 32.2. The van der Waals surface area contributed by atoms with Gasteiger partial charge in [0.1, 0.15) is 10.4 Å². The topological polar surface area (TPSA) is 87.8 Å². The van der Waals surface area contributed by atoms with Gasteiger partial charge in [-0.15, -0.1) is 11.3 Å². The number of thioether (sulfide) groups is 1. The first-order valence-corrected chi connectivity index (χ1v) is 10.1. The Hall–Kier alpha value is -1.85. The third kappa shape index (κ3) is 3.58. The highest BCUT2D eigenvalue weighted by molar-refractivity contribution is 8.00. The number of carbonyl (C=O) groups excluding carboxylic acids is 1. The first-order valence-electron chi connectivity index (χ1n) is 8.30. The summed E-state index contributed by atoms with van der Waals surface area (Å²) < 4.78 is 1.48. The van der Waals surface area contributed by atoms with Crippen molar-refractivity contribution in [3.05, 3.63) is 21.8 Å². The Balaban J connectivity index is 1.77. The molecule has 25 heavy (non-hydrogen) atoms. The molecule has 0 saturated heterocycles. The van der Waals surface area contributed by atoms with Gasteiger partial charge in [0, 0.05) is 7.05 Å². The Morgan fingerprint density at radius 1 is 1.48 bits per heavy atom. The molecule has 0 aliphatic heterocycles. The lowest BCUT2D eigenvalue weighted by molar-refractivity contribution is -0.121. The van der Waals surface area contributed by atoms with Gasteiger partial charge in [-0.2, -0.15) is 5.26 Å². The third-order valence-corrected chi connectivity index (χ3v) is 6.55. The summed E-state index contributed by atoms with van der Waals surface area (Å²) in [5.74, 6) is -0.186. The highest BCUT2D eigenvalue weighted by Gasteiger charge is 2.35. The van der Waals surface area contributed by atoms with Crippen LogP contribution in [0.2, 0.25) is 0 Å². The second kappa shape index (κ2) is 7.18. The number of amides is 1. The predicted molar refractivity (Wildman–Crippen MR) is 99.8 cm³/mol. The molecular weight excluding hydrogens is 356 g/mol. The van der Waals surface area contributed by atoms with Crippen LogP contribution >= 0.6 is 23.1 Å². The van der Waals surface area contributed by atoms with Crippen molar-refractivity contribution in [2.75, 3.05) is 0 Å². The van der Waals surface area contributed by atoms with E-state index in [-0.39, 0.29) is 11.5 Å². The van der Waals surface area contributed by atoms with Crippen LogP contribution in [0, 0.1) is 11.3 Å². The average Bonchev–Trinajstić information content (AvgIpc) is 3.08. The van der Waals surface area contributed by atoms with Crippen molar-refractivity contribution in [2.45, 2.75) is 55.0 Å². The fraction of sp³-hybridized carbons (Fsp3) is 0.529. The minimum atomic E-state index is -0.749. The summed E-state index contributed by atoms with van der Waals surface area (Å²) in [5.41, 5.74) is -0.858. The van der Waals surface area contributed by atoms with E-state index in [0.717, 1.165) is 19.3 Å². The lowest BCUT2D eigenvalue weighted by Gasteiger charge is -2.32. The molecule has 1 saturated carbocycles. The Labute approximate surface area is 154 Å². The van der Waals surface area contributed by atoms with Crippen LogP contribution in [0.5, 0.6) is 0 Å². The Morgan fingerprint density at radius 2 is 2.20 bits per heavy atom. The van der Waals surface area contributed by atoms with E-state index in [0.29, 0.717) is 28.2 Å². The van der Waals surface area contributed by atoms with Crippen molar-refractivity contribution in [3.63, 3.8) is 0 Å². The Kier molecular flexibility index (Phi) is 5.16. The van der Waals surface area contributed by atoms with E-state index in [1.807, 2.05) is 5.38 Å². The van der Waals surface area contributed by atoms with E-state index >= 15 is 0 Å². The fourth-order valence-corrected chi connectivity index (χ4v) is 4.73. The largest absolute Gasteiger partial charge is 0.337 e. The number of hydrogen-bond acceptors (Lipinski definition) is 6. The van der Waals surface area contributed by atoms with Crippen LogP contribution in [0.1, 0.15) is 39.0 Å². The summed E-state index contributed by atoms with van der Waals surface area (Å²) in [6.07, 6.45) is 4.42. The van der Waals surface area contributed by atoms with Gasteiger partial charge < -0.3 is 5.32 Å². The SMILES string of the molecule is CC(Sc1nc2sccc2c(=O)n1C)C(=O)NC1(C#N)CCCCC1. The van der Waals surface area contributed by atoms with E-state index in [2.05, 4.69) is 16.4 Å². The predicted octanol–water partition coefficient (Wildman–Crippen LogP) is 2.82. The van der Waals surface area contributed by atoms with Crippen LogP contribution in [-0.4, -0.2) is 26.2 Å². The van der Waals surface area contributed by atoms with Crippen molar-refractivity contribution in [2.24, 2.45) is 7.05 Å². The zero-order valence-electron chi connectivity index (χ0n) is 14.2. The molecule has 1 aliphatic rings. The van der Waals surface area contributed by atoms with Crippen molar-refractivity contribution in [1.82, 2.24) is 14.9 Å². The van der Waals surface area contributed by atoms with E-state index < -0.39 is 10.8 Å². The van der Waals surface area contributed by atoms with Gasteiger partial charge in [-0.05, 0) is 31.2 Å². The van der Waals surface area contributed by atoms with Crippen molar-refractivity contribution >= 4 is 39.2 Å². The number of thiophene rings is 1. The van der Waals surface area contributed by atoms with Crippen LogP contribution in [0.3, 0.4) is 0 Å². The number of aromatic nitrogens is 2. The molecule has 1 aliphatic carbocycles. The number of nitriles is 1. The van der Waals surface area contributed by atoms with Gasteiger partial charge in [0.05, 0.1) is 16.7 Å². The monoisotopic (exact) mass is 376 g/mol. The molecule has 0 radical (unpaired) electrons. The number of carbonyl (C=O) groups is 1. The summed E-state index contributed by atoms with van der Waals surface area (Å²) >= 11 is 2.66. The Bertz CT molecular complexity index is 890. The molecule has 3 rings (SSSR count). The van der Waals surface area contributed by atoms with E-state index in [9.17, 15) is 14.9 Å². The number of nitrogens with zero attached hydrogens (tertiary/aromatic N) is 3. The van der Waals surface area contributed by atoms with Gasteiger partial charge in [-0.1, -0.05) is 31.0 Å². The molecule has 0 aromatic carbocycles. The lowest BCUT2D eigenvalue weighted by atomic mass is 9.83. The van der Waals surface area contributed by atoms with Gasteiger partial charge in [-0.3, -0.25) is 14.2 Å². The number of hydrogen-bond donors (Lipinski definition) is 1. The molecule has 1 fully saturated rings. The fourth-order valence-electron chi connectivity index (χ4n) is 3.05. The van der Waals surface area contributed by atoms with Crippen molar-refractivity contribution in [3.8, 4) is 6.07 Å². The van der Waals surface area contributed by atoms with Gasteiger partial charge >= 0.3 is 0 Å². The van der Waals surface area contributed by atoms with E-state index in [1.54, 1.807) is 20.0 Å². The van der Waals surface area contributed by atoms with Gasteiger partial charge in [0.15, 0.2) is 5.16 Å². The third-order valence-electron chi connectivity index (χ3n) is 4.60. The van der Waals surface area contributed by atoms with Crippen LogP contribution in [0.25, 0.3) is 10.2 Å². The highest BCUT2D eigenvalue weighted by Crippen LogP contribution is 2.29. The van der Waals surface area contributed by atoms with Crippen LogP contribution < -0.4 is 10.9 Å². The van der Waals surface area contributed by atoms with Crippen LogP contribution in [-0.2, 0) is 11.8 Å². The molecule has 1 amide bonds. The standard InChI is InChI=1S/C17H20N4O2S2/c1-11(13(22)20-17(10-18)7-4-3-5-8-17)25-16-19-14-12(6-9-24-14)15(23)21(16)2/h6,9,11H,3-5,7-8H2,1-2H3,(H,20,22). The summed E-state index contributed by atoms with van der Waals surface area (Å²) in [5, 5.41) is 14.9. The van der Waals surface area contributed by atoms with E-state index in [4.69, 9.17) is 0 Å². The van der Waals surface area contributed by atoms with Crippen LogP contribution in [0.4, 0.5) is 0 Å². The molecule has 2 aromatic rings. The molecule has 1 atom stereocenters. The number of rotatable bonds is 4. The molecule has 0 spiro atoms. The zero-order valence-corrected chi connectivity index (χ0v) is 15.9. The summed E-state index contributed by atoms with van der Waals surface area (Å²) in [4.78, 5) is 30.1. The first-order chi connectivity index (χ1) is 12.0. The van der Waals surface area contributed by atoms with Crippen LogP contribution in [0.15, 0.2) is 21.4 Å². The first kappa shape index (κ1) is 18.0. The van der Waals surface area contributed by atoms with Gasteiger partial charge in [0.2, 0.25) is 5.91 Å². The molecule has 132 valence electrons. The number of fused-ring (bicyclic) bond motifs is 1. The van der Waals surface area contributed by atoms with E-state index in [1.165, 1.54) is 27.7 Å². The maximum atomic E-state index is 12.6. The molecule has 0 bridgehead atoms. The maximum Gasteiger partial charge on any atom is 0.262 e. The van der Waals surface area contributed by atoms with Crippen molar-refractivity contribution < 1.29 is 4.79 Å². The van der Waals surface area contributed by atoms with Gasteiger partial charge in [-0.25, -0.2) is 4.98 Å². The normalized spacial score (nSPS) is 17.8. The minimum Gasteiger partial charge on any atom is -0.337 e. The summed E-state index contributed by atoms with van der Waals surface area (Å²) in [6.45, 7) is 1.78. The average molecular weight is 377 g/mol.